The highest BCUT2D eigenvalue weighted by Crippen LogP contribution is 2.13. The Morgan fingerprint density at radius 1 is 1.33 bits per heavy atom. The molecule has 2 rings (SSSR count). The molecule has 0 saturated heterocycles. The van der Waals surface area contributed by atoms with E-state index in [1.54, 1.807) is 30.8 Å². The Morgan fingerprint density at radius 2 is 2.00 bits per heavy atom. The SMILES string of the molecule is Cc1c(C(=O)OCC(=O)Nc2ccc(O)cc2)cnn1C. The molecule has 21 heavy (non-hydrogen) atoms. The van der Waals surface area contributed by atoms with Crippen LogP contribution in [0.2, 0.25) is 0 Å². The third kappa shape index (κ3) is 3.59. The summed E-state index contributed by atoms with van der Waals surface area (Å²) in [5.74, 6) is -0.955. The molecule has 1 aromatic heterocycles. The summed E-state index contributed by atoms with van der Waals surface area (Å²) in [5.41, 5.74) is 1.50. The van der Waals surface area contributed by atoms with Crippen molar-refractivity contribution in [3.63, 3.8) is 0 Å². The molecular formula is C14H15N3O4. The van der Waals surface area contributed by atoms with Gasteiger partial charge in [0.25, 0.3) is 5.91 Å². The van der Waals surface area contributed by atoms with Crippen molar-refractivity contribution in [1.29, 1.82) is 0 Å². The molecule has 0 unspecified atom stereocenters. The van der Waals surface area contributed by atoms with Crippen LogP contribution < -0.4 is 5.32 Å². The number of aryl methyl sites for hydroxylation is 1. The smallest absolute Gasteiger partial charge is 0.342 e. The minimum absolute atomic E-state index is 0.103. The van der Waals surface area contributed by atoms with Crippen molar-refractivity contribution in [2.24, 2.45) is 7.05 Å². The Bertz CT molecular complexity index is 661. The summed E-state index contributed by atoms with van der Waals surface area (Å²) >= 11 is 0. The second kappa shape index (κ2) is 6.08. The number of phenols is 1. The molecule has 1 heterocycles. The highest BCUT2D eigenvalue weighted by Gasteiger charge is 2.15. The summed E-state index contributed by atoms with van der Waals surface area (Å²) in [5, 5.41) is 15.6. The van der Waals surface area contributed by atoms with Crippen LogP contribution in [0.3, 0.4) is 0 Å². The first-order valence-corrected chi connectivity index (χ1v) is 6.22. The number of anilines is 1. The van der Waals surface area contributed by atoms with Crippen molar-refractivity contribution < 1.29 is 19.4 Å². The number of amides is 1. The fourth-order valence-corrected chi connectivity index (χ4v) is 1.65. The zero-order valence-corrected chi connectivity index (χ0v) is 11.7. The number of carbonyl (C=O) groups excluding carboxylic acids is 2. The average molecular weight is 289 g/mol. The van der Waals surface area contributed by atoms with Crippen LogP contribution >= 0.6 is 0 Å². The summed E-state index contributed by atoms with van der Waals surface area (Å²) in [6.45, 7) is 1.34. The maximum atomic E-state index is 11.8. The molecule has 2 N–H and O–H groups in total. The van der Waals surface area contributed by atoms with Gasteiger partial charge in [-0.3, -0.25) is 9.48 Å². The van der Waals surface area contributed by atoms with E-state index in [0.717, 1.165) is 0 Å². The Labute approximate surface area is 121 Å². The van der Waals surface area contributed by atoms with Crippen LogP contribution in [-0.2, 0) is 16.6 Å². The van der Waals surface area contributed by atoms with Crippen molar-refractivity contribution in [1.82, 2.24) is 9.78 Å². The molecule has 1 amide bonds. The molecular weight excluding hydrogens is 274 g/mol. The number of carbonyl (C=O) groups is 2. The molecule has 1 aromatic carbocycles. The van der Waals surface area contributed by atoms with E-state index in [1.807, 2.05) is 0 Å². The molecule has 2 aromatic rings. The number of phenolic OH excluding ortho intramolecular Hbond substituents is 1. The maximum absolute atomic E-state index is 11.8. The number of rotatable bonds is 4. The number of esters is 1. The second-order valence-corrected chi connectivity index (χ2v) is 4.44. The zero-order valence-electron chi connectivity index (χ0n) is 11.7. The Hall–Kier alpha value is -2.83. The van der Waals surface area contributed by atoms with E-state index in [9.17, 15) is 9.59 Å². The number of aromatic nitrogens is 2. The third-order valence-electron chi connectivity index (χ3n) is 2.94. The standard InChI is InChI=1S/C14H15N3O4/c1-9-12(7-15-17(9)2)14(20)21-8-13(19)16-10-3-5-11(18)6-4-10/h3-7,18H,8H2,1-2H3,(H,16,19). The van der Waals surface area contributed by atoms with Gasteiger partial charge in [-0.2, -0.15) is 5.10 Å². The fourth-order valence-electron chi connectivity index (χ4n) is 1.65. The number of hydrogen-bond acceptors (Lipinski definition) is 5. The van der Waals surface area contributed by atoms with Crippen molar-refractivity contribution >= 4 is 17.6 Å². The van der Waals surface area contributed by atoms with E-state index in [2.05, 4.69) is 10.4 Å². The summed E-state index contributed by atoms with van der Waals surface area (Å²) in [6.07, 6.45) is 1.40. The van der Waals surface area contributed by atoms with Crippen LogP contribution in [0.4, 0.5) is 5.69 Å². The van der Waals surface area contributed by atoms with Gasteiger partial charge in [-0.15, -0.1) is 0 Å². The number of ether oxygens (including phenoxy) is 1. The monoisotopic (exact) mass is 289 g/mol. The second-order valence-electron chi connectivity index (χ2n) is 4.44. The van der Waals surface area contributed by atoms with Gasteiger partial charge in [-0.25, -0.2) is 4.79 Å². The van der Waals surface area contributed by atoms with E-state index in [0.29, 0.717) is 16.9 Å². The molecule has 0 radical (unpaired) electrons. The van der Waals surface area contributed by atoms with Crippen LogP contribution in [0.1, 0.15) is 16.1 Å². The Kier molecular flexibility index (Phi) is 4.22. The van der Waals surface area contributed by atoms with Crippen LogP contribution in [-0.4, -0.2) is 33.4 Å². The average Bonchev–Trinajstić information content (AvgIpc) is 2.79. The van der Waals surface area contributed by atoms with Gasteiger partial charge in [-0.05, 0) is 31.2 Å². The van der Waals surface area contributed by atoms with Crippen LogP contribution in [0.5, 0.6) is 5.75 Å². The van der Waals surface area contributed by atoms with Gasteiger partial charge in [0.15, 0.2) is 6.61 Å². The molecule has 7 nitrogen and oxygen atoms in total. The molecule has 7 heteroatoms. The number of nitrogens with one attached hydrogen (secondary N) is 1. The lowest BCUT2D eigenvalue weighted by molar-refractivity contribution is -0.119. The lowest BCUT2D eigenvalue weighted by atomic mass is 10.3. The van der Waals surface area contributed by atoms with E-state index >= 15 is 0 Å². The summed E-state index contributed by atoms with van der Waals surface area (Å²) in [7, 11) is 1.71. The van der Waals surface area contributed by atoms with E-state index in [-0.39, 0.29) is 5.75 Å². The Balaban J connectivity index is 1.88. The fraction of sp³-hybridized carbons (Fsp3) is 0.214. The minimum Gasteiger partial charge on any atom is -0.508 e. The summed E-state index contributed by atoms with van der Waals surface area (Å²) < 4.78 is 6.47. The normalized spacial score (nSPS) is 10.2. The number of hydrogen-bond donors (Lipinski definition) is 2. The van der Waals surface area contributed by atoms with Gasteiger partial charge < -0.3 is 15.2 Å². The number of benzene rings is 1. The topological polar surface area (TPSA) is 93.5 Å². The van der Waals surface area contributed by atoms with Crippen molar-refractivity contribution in [2.75, 3.05) is 11.9 Å². The van der Waals surface area contributed by atoms with E-state index < -0.39 is 18.5 Å². The van der Waals surface area contributed by atoms with Gasteiger partial charge in [-0.1, -0.05) is 0 Å². The highest BCUT2D eigenvalue weighted by atomic mass is 16.5. The maximum Gasteiger partial charge on any atom is 0.342 e. The van der Waals surface area contributed by atoms with Gasteiger partial charge in [0.2, 0.25) is 0 Å². The number of nitrogens with zero attached hydrogens (tertiary/aromatic N) is 2. The minimum atomic E-state index is -0.596. The summed E-state index contributed by atoms with van der Waals surface area (Å²) in [6, 6.07) is 5.97. The van der Waals surface area contributed by atoms with Crippen LogP contribution in [0.15, 0.2) is 30.5 Å². The molecule has 0 aliphatic rings. The lowest BCUT2D eigenvalue weighted by Crippen LogP contribution is -2.21. The first kappa shape index (κ1) is 14.6. The lowest BCUT2D eigenvalue weighted by Gasteiger charge is -2.06. The molecule has 0 fully saturated rings. The van der Waals surface area contributed by atoms with Gasteiger partial charge in [0.1, 0.15) is 11.3 Å². The molecule has 0 aliphatic carbocycles. The zero-order chi connectivity index (χ0) is 15.4. The van der Waals surface area contributed by atoms with Gasteiger partial charge in [0, 0.05) is 18.4 Å². The van der Waals surface area contributed by atoms with Gasteiger partial charge >= 0.3 is 5.97 Å². The first-order chi connectivity index (χ1) is 9.97. The summed E-state index contributed by atoms with van der Waals surface area (Å²) in [4.78, 5) is 23.4. The quantitative estimate of drug-likeness (QED) is 0.652. The van der Waals surface area contributed by atoms with Crippen LogP contribution in [0.25, 0.3) is 0 Å². The molecule has 0 aliphatic heterocycles. The first-order valence-electron chi connectivity index (χ1n) is 6.22. The Morgan fingerprint density at radius 3 is 2.57 bits per heavy atom. The molecule has 0 bridgehead atoms. The van der Waals surface area contributed by atoms with Crippen molar-refractivity contribution in [3.8, 4) is 5.75 Å². The third-order valence-corrected chi connectivity index (χ3v) is 2.94. The number of aromatic hydroxyl groups is 1. The largest absolute Gasteiger partial charge is 0.508 e. The van der Waals surface area contributed by atoms with Gasteiger partial charge in [0.05, 0.1) is 6.20 Å². The predicted octanol–water partition coefficient (Wildman–Crippen LogP) is 1.23. The molecule has 0 atom stereocenters. The van der Waals surface area contributed by atoms with E-state index in [1.165, 1.54) is 18.3 Å². The molecule has 0 spiro atoms. The van der Waals surface area contributed by atoms with Crippen LogP contribution in [0, 0.1) is 6.92 Å². The van der Waals surface area contributed by atoms with E-state index in [4.69, 9.17) is 9.84 Å². The van der Waals surface area contributed by atoms with Crippen molar-refractivity contribution in [2.45, 2.75) is 6.92 Å². The highest BCUT2D eigenvalue weighted by molar-refractivity contribution is 5.95. The van der Waals surface area contributed by atoms with Crippen molar-refractivity contribution in [3.05, 3.63) is 41.7 Å². The molecule has 0 saturated carbocycles. The predicted molar refractivity (Wildman–Crippen MR) is 75.0 cm³/mol. The molecule has 110 valence electrons.